The number of nitrogens with zero attached hydrogens (tertiary/aromatic N) is 2. The smallest absolute Gasteiger partial charge is 0.410 e. The first-order chi connectivity index (χ1) is 8.74. The highest BCUT2D eigenvalue weighted by Crippen LogP contribution is 2.38. The highest BCUT2D eigenvalue weighted by molar-refractivity contribution is 5.70. The van der Waals surface area contributed by atoms with Gasteiger partial charge in [0, 0.05) is 25.7 Å². The molecule has 2 heterocycles. The van der Waals surface area contributed by atoms with Gasteiger partial charge in [0.15, 0.2) is 0 Å². The van der Waals surface area contributed by atoms with Gasteiger partial charge in [-0.15, -0.1) is 0 Å². The average molecular weight is 269 g/mol. The van der Waals surface area contributed by atoms with Crippen LogP contribution in [-0.4, -0.2) is 59.8 Å². The molecule has 0 aliphatic carbocycles. The van der Waals surface area contributed by atoms with Crippen molar-refractivity contribution in [2.45, 2.75) is 57.2 Å². The molecule has 2 aliphatic heterocycles. The SMILES string of the molecule is CN1CCC2(CC1)C(N)CCN2C(=O)OC(C)(C)C. The van der Waals surface area contributed by atoms with Crippen LogP contribution in [0.25, 0.3) is 0 Å². The van der Waals surface area contributed by atoms with Crippen molar-refractivity contribution in [3.05, 3.63) is 0 Å². The number of rotatable bonds is 0. The van der Waals surface area contributed by atoms with Crippen LogP contribution in [0.5, 0.6) is 0 Å². The Morgan fingerprint density at radius 2 is 1.84 bits per heavy atom. The molecule has 0 saturated carbocycles. The van der Waals surface area contributed by atoms with Crippen LogP contribution in [0, 0.1) is 0 Å². The zero-order valence-electron chi connectivity index (χ0n) is 12.6. The molecule has 5 heteroatoms. The van der Waals surface area contributed by atoms with E-state index in [0.717, 1.165) is 38.9 Å². The monoisotopic (exact) mass is 269 g/mol. The molecule has 2 N–H and O–H groups in total. The summed E-state index contributed by atoms with van der Waals surface area (Å²) in [6, 6.07) is 0.0775. The minimum atomic E-state index is -0.448. The van der Waals surface area contributed by atoms with Crippen LogP contribution in [0.4, 0.5) is 4.79 Å². The van der Waals surface area contributed by atoms with Crippen molar-refractivity contribution >= 4 is 6.09 Å². The number of carbonyl (C=O) groups excluding carboxylic acids is 1. The van der Waals surface area contributed by atoms with Gasteiger partial charge in [-0.3, -0.25) is 0 Å². The van der Waals surface area contributed by atoms with Gasteiger partial charge in [-0.25, -0.2) is 4.79 Å². The molecule has 2 aliphatic rings. The Hall–Kier alpha value is -0.810. The molecule has 0 aromatic carbocycles. The summed E-state index contributed by atoms with van der Waals surface area (Å²) in [4.78, 5) is 16.6. The van der Waals surface area contributed by atoms with Crippen molar-refractivity contribution in [1.82, 2.24) is 9.80 Å². The van der Waals surface area contributed by atoms with Crippen LogP contribution < -0.4 is 5.73 Å². The van der Waals surface area contributed by atoms with Crippen LogP contribution in [0.15, 0.2) is 0 Å². The molecule has 0 aromatic heterocycles. The first-order valence-electron chi connectivity index (χ1n) is 7.19. The zero-order chi connectivity index (χ0) is 14.3. The maximum absolute atomic E-state index is 12.4. The van der Waals surface area contributed by atoms with E-state index in [1.54, 1.807) is 0 Å². The highest BCUT2D eigenvalue weighted by Gasteiger charge is 2.51. The molecule has 1 atom stereocenters. The summed E-state index contributed by atoms with van der Waals surface area (Å²) in [7, 11) is 2.12. The van der Waals surface area contributed by atoms with Gasteiger partial charge in [0.25, 0.3) is 0 Å². The third kappa shape index (κ3) is 2.87. The van der Waals surface area contributed by atoms with Gasteiger partial charge >= 0.3 is 6.09 Å². The Morgan fingerprint density at radius 1 is 1.26 bits per heavy atom. The van der Waals surface area contributed by atoms with Crippen LogP contribution in [0.2, 0.25) is 0 Å². The summed E-state index contributed by atoms with van der Waals surface area (Å²) in [5, 5.41) is 0. The predicted molar refractivity (Wildman–Crippen MR) is 75.0 cm³/mol. The Bertz CT molecular complexity index is 343. The van der Waals surface area contributed by atoms with Crippen LogP contribution >= 0.6 is 0 Å². The van der Waals surface area contributed by atoms with Gasteiger partial charge in [-0.1, -0.05) is 0 Å². The molecule has 2 saturated heterocycles. The van der Waals surface area contributed by atoms with E-state index in [4.69, 9.17) is 10.5 Å². The van der Waals surface area contributed by atoms with Crippen molar-refractivity contribution in [1.29, 1.82) is 0 Å². The number of ether oxygens (including phenoxy) is 1. The Kier molecular flexibility index (Phi) is 3.80. The summed E-state index contributed by atoms with van der Waals surface area (Å²) < 4.78 is 5.54. The lowest BCUT2D eigenvalue weighted by Gasteiger charge is -2.46. The summed E-state index contributed by atoms with van der Waals surface area (Å²) in [5.74, 6) is 0. The van der Waals surface area contributed by atoms with E-state index in [1.165, 1.54) is 0 Å². The van der Waals surface area contributed by atoms with Gasteiger partial charge in [0.2, 0.25) is 0 Å². The van der Waals surface area contributed by atoms with E-state index < -0.39 is 5.60 Å². The van der Waals surface area contributed by atoms with Gasteiger partial charge in [0.05, 0.1) is 5.54 Å². The van der Waals surface area contributed by atoms with E-state index in [0.29, 0.717) is 0 Å². The molecule has 0 bridgehead atoms. The van der Waals surface area contributed by atoms with Gasteiger partial charge in [-0.05, 0) is 47.1 Å². The lowest BCUT2D eigenvalue weighted by molar-refractivity contribution is -0.00787. The molecule has 5 nitrogen and oxygen atoms in total. The van der Waals surface area contributed by atoms with Crippen molar-refractivity contribution < 1.29 is 9.53 Å². The summed E-state index contributed by atoms with van der Waals surface area (Å²) in [5.41, 5.74) is 5.68. The molecule has 110 valence electrons. The number of hydrogen-bond donors (Lipinski definition) is 1. The zero-order valence-corrected chi connectivity index (χ0v) is 12.6. The van der Waals surface area contributed by atoms with Crippen molar-refractivity contribution in [3.8, 4) is 0 Å². The molecule has 0 aromatic rings. The molecular formula is C14H27N3O2. The van der Waals surface area contributed by atoms with E-state index >= 15 is 0 Å². The fourth-order valence-electron chi connectivity index (χ4n) is 3.20. The highest BCUT2D eigenvalue weighted by atomic mass is 16.6. The van der Waals surface area contributed by atoms with Crippen molar-refractivity contribution in [2.24, 2.45) is 5.73 Å². The lowest BCUT2D eigenvalue weighted by atomic mass is 9.82. The summed E-state index contributed by atoms with van der Waals surface area (Å²) in [6.45, 7) is 8.42. The maximum atomic E-state index is 12.4. The molecule has 1 amide bonds. The Labute approximate surface area is 116 Å². The second kappa shape index (κ2) is 4.94. The number of hydrogen-bond acceptors (Lipinski definition) is 4. The van der Waals surface area contributed by atoms with Crippen molar-refractivity contribution in [3.63, 3.8) is 0 Å². The molecule has 2 rings (SSSR count). The Balaban J connectivity index is 2.13. The molecule has 19 heavy (non-hydrogen) atoms. The third-order valence-electron chi connectivity index (χ3n) is 4.36. The molecule has 0 radical (unpaired) electrons. The van der Waals surface area contributed by atoms with Crippen LogP contribution in [-0.2, 0) is 4.74 Å². The predicted octanol–water partition coefficient (Wildman–Crippen LogP) is 1.42. The normalized spacial score (nSPS) is 27.8. The molecule has 1 spiro atoms. The lowest BCUT2D eigenvalue weighted by Crippen LogP contribution is -2.60. The largest absolute Gasteiger partial charge is 0.444 e. The maximum Gasteiger partial charge on any atom is 0.410 e. The third-order valence-corrected chi connectivity index (χ3v) is 4.36. The van der Waals surface area contributed by atoms with Crippen LogP contribution in [0.3, 0.4) is 0 Å². The molecule has 2 fully saturated rings. The van der Waals surface area contributed by atoms with Gasteiger partial charge in [-0.2, -0.15) is 0 Å². The van der Waals surface area contributed by atoms with Crippen molar-refractivity contribution in [2.75, 3.05) is 26.7 Å². The topological polar surface area (TPSA) is 58.8 Å². The van der Waals surface area contributed by atoms with Crippen LogP contribution in [0.1, 0.15) is 40.0 Å². The van der Waals surface area contributed by atoms with Gasteiger partial charge in [0.1, 0.15) is 5.60 Å². The number of likely N-dealkylation sites (tertiary alicyclic amines) is 2. The summed E-state index contributed by atoms with van der Waals surface area (Å²) in [6.07, 6.45) is 2.57. The Morgan fingerprint density at radius 3 is 2.37 bits per heavy atom. The average Bonchev–Trinajstić information content (AvgIpc) is 2.59. The minimum Gasteiger partial charge on any atom is -0.444 e. The second-order valence-corrected chi connectivity index (χ2v) is 6.93. The number of piperidine rings is 1. The quantitative estimate of drug-likeness (QED) is 0.722. The fraction of sp³-hybridized carbons (Fsp3) is 0.929. The minimum absolute atomic E-state index is 0.0775. The van der Waals surface area contributed by atoms with E-state index in [1.807, 2.05) is 25.7 Å². The van der Waals surface area contributed by atoms with E-state index in [2.05, 4.69) is 11.9 Å². The fourth-order valence-corrected chi connectivity index (χ4v) is 3.20. The number of amides is 1. The summed E-state index contributed by atoms with van der Waals surface area (Å²) >= 11 is 0. The standard InChI is InChI=1S/C14H27N3O2/c1-13(2,3)19-12(18)17-8-5-11(15)14(17)6-9-16(4)10-7-14/h11H,5-10,15H2,1-4H3. The number of nitrogens with two attached hydrogens (primary N) is 1. The van der Waals surface area contributed by atoms with Gasteiger partial charge < -0.3 is 20.3 Å². The molecular weight excluding hydrogens is 242 g/mol. The first-order valence-corrected chi connectivity index (χ1v) is 7.19. The van der Waals surface area contributed by atoms with E-state index in [-0.39, 0.29) is 17.7 Å². The molecule has 1 unspecified atom stereocenters. The van der Waals surface area contributed by atoms with E-state index in [9.17, 15) is 4.79 Å². The number of carbonyl (C=O) groups is 1. The first kappa shape index (κ1) is 14.6. The second-order valence-electron chi connectivity index (χ2n) is 6.93.